The molecule has 1 N–H and O–H groups in total. The molecular formula is C31H41NO4. The molecule has 0 aromatic heterocycles. The Morgan fingerprint density at radius 2 is 1.64 bits per heavy atom. The number of carbonyl (C=O) groups excluding carboxylic acids is 2. The van der Waals surface area contributed by atoms with Crippen LogP contribution in [-0.2, 0) is 14.4 Å². The normalized spacial score (nSPS) is 46.7. The zero-order valence-corrected chi connectivity index (χ0v) is 23.0. The molecule has 0 aromatic carbocycles. The molecule has 5 nitrogen and oxygen atoms in total. The molecule has 0 unspecified atom stereocenters. The van der Waals surface area contributed by atoms with Crippen LogP contribution in [0.3, 0.4) is 0 Å². The molecule has 0 amide bonds. The molecule has 5 aliphatic rings. The van der Waals surface area contributed by atoms with Crippen LogP contribution in [0.2, 0.25) is 0 Å². The smallest absolute Gasteiger partial charge is 0.309 e. The third kappa shape index (κ3) is 2.85. The topological polar surface area (TPSA) is 95.2 Å². The molecule has 0 aromatic rings. The highest BCUT2D eigenvalue weighted by molar-refractivity contribution is 6.04. The lowest BCUT2D eigenvalue weighted by Gasteiger charge is -2.68. The van der Waals surface area contributed by atoms with E-state index in [2.05, 4.69) is 40.7 Å². The molecule has 0 bridgehead atoms. The van der Waals surface area contributed by atoms with Gasteiger partial charge in [-0.25, -0.2) is 0 Å². The van der Waals surface area contributed by atoms with Gasteiger partial charge in [0.05, 0.1) is 11.0 Å². The van der Waals surface area contributed by atoms with Crippen LogP contribution in [0.15, 0.2) is 23.3 Å². The first-order valence-electron chi connectivity index (χ1n) is 13.7. The Kier molecular flexibility index (Phi) is 5.09. The maximum atomic E-state index is 14.2. The van der Waals surface area contributed by atoms with E-state index in [-0.39, 0.29) is 51.1 Å². The van der Waals surface area contributed by atoms with Crippen LogP contribution in [0.5, 0.6) is 0 Å². The minimum atomic E-state index is -0.828. The summed E-state index contributed by atoms with van der Waals surface area (Å²) in [5.74, 6) is -1.27. The Labute approximate surface area is 215 Å². The van der Waals surface area contributed by atoms with Crippen LogP contribution in [0.25, 0.3) is 0 Å². The zero-order valence-electron chi connectivity index (χ0n) is 23.0. The second kappa shape index (κ2) is 7.21. The van der Waals surface area contributed by atoms with E-state index in [1.807, 2.05) is 26.0 Å². The van der Waals surface area contributed by atoms with E-state index in [1.165, 1.54) is 0 Å². The van der Waals surface area contributed by atoms with Crippen LogP contribution in [0.1, 0.15) is 93.4 Å². The number of allylic oxidation sites excluding steroid dienone is 4. The van der Waals surface area contributed by atoms with Crippen LogP contribution in [0.4, 0.5) is 0 Å². The number of nitrogens with zero attached hydrogens (tertiary/aromatic N) is 1. The Balaban J connectivity index is 1.71. The summed E-state index contributed by atoms with van der Waals surface area (Å²) >= 11 is 0. The molecule has 0 saturated heterocycles. The van der Waals surface area contributed by atoms with E-state index in [0.717, 1.165) is 31.3 Å². The van der Waals surface area contributed by atoms with Gasteiger partial charge in [0, 0.05) is 16.7 Å². The summed E-state index contributed by atoms with van der Waals surface area (Å²) in [6.45, 7) is 15.0. The molecule has 5 rings (SSSR count). The maximum absolute atomic E-state index is 14.2. The van der Waals surface area contributed by atoms with Crippen molar-refractivity contribution in [3.63, 3.8) is 0 Å². The van der Waals surface area contributed by atoms with E-state index >= 15 is 0 Å². The van der Waals surface area contributed by atoms with E-state index in [9.17, 15) is 24.8 Å². The third-order valence-electron chi connectivity index (χ3n) is 12.3. The minimum absolute atomic E-state index is 0.00880. The number of hydrogen-bond acceptors (Lipinski definition) is 4. The monoisotopic (exact) mass is 491 g/mol. The number of rotatable bonds is 1. The fourth-order valence-electron chi connectivity index (χ4n) is 10.0. The fraction of sp³-hybridized carbons (Fsp3) is 0.742. The highest BCUT2D eigenvalue weighted by Crippen LogP contribution is 2.74. The van der Waals surface area contributed by atoms with Gasteiger partial charge in [-0.1, -0.05) is 60.1 Å². The van der Waals surface area contributed by atoms with Crippen molar-refractivity contribution in [3.8, 4) is 6.07 Å². The van der Waals surface area contributed by atoms with Crippen molar-refractivity contribution in [3.05, 3.63) is 23.3 Å². The van der Waals surface area contributed by atoms with Gasteiger partial charge < -0.3 is 5.11 Å². The molecule has 0 spiro atoms. The summed E-state index contributed by atoms with van der Waals surface area (Å²) in [4.78, 5) is 40.2. The van der Waals surface area contributed by atoms with Gasteiger partial charge in [0.25, 0.3) is 0 Å². The van der Waals surface area contributed by atoms with Crippen molar-refractivity contribution in [2.45, 2.75) is 93.4 Å². The number of carboxylic acid groups (broad SMARTS) is 1. The number of aliphatic carboxylic acids is 1. The summed E-state index contributed by atoms with van der Waals surface area (Å²) in [5.41, 5.74) is -1.49. The molecule has 3 saturated carbocycles. The predicted octanol–water partition coefficient (Wildman–Crippen LogP) is 6.29. The van der Waals surface area contributed by atoms with Crippen molar-refractivity contribution >= 4 is 17.5 Å². The second-order valence-electron chi connectivity index (χ2n) is 14.7. The van der Waals surface area contributed by atoms with Crippen molar-refractivity contribution in [1.82, 2.24) is 0 Å². The molecular weight excluding hydrogens is 450 g/mol. The highest BCUT2D eigenvalue weighted by Gasteiger charge is 2.70. The van der Waals surface area contributed by atoms with Crippen LogP contribution in [0, 0.1) is 61.6 Å². The Hall–Kier alpha value is -2.22. The third-order valence-corrected chi connectivity index (χ3v) is 12.3. The molecule has 0 radical (unpaired) electrons. The molecule has 36 heavy (non-hydrogen) atoms. The largest absolute Gasteiger partial charge is 0.481 e. The first-order valence-corrected chi connectivity index (χ1v) is 13.7. The number of Topliss-reactive ketones (excluding diaryl/α,β-unsaturated/α-hetero) is 1. The molecule has 5 aliphatic carbocycles. The average molecular weight is 492 g/mol. The quantitative estimate of drug-likeness (QED) is 0.465. The molecule has 0 heterocycles. The molecule has 7 atom stereocenters. The van der Waals surface area contributed by atoms with Crippen molar-refractivity contribution < 1.29 is 19.5 Å². The van der Waals surface area contributed by atoms with Gasteiger partial charge in [0.15, 0.2) is 11.6 Å². The number of nitriles is 1. The maximum Gasteiger partial charge on any atom is 0.309 e. The van der Waals surface area contributed by atoms with Gasteiger partial charge in [0.2, 0.25) is 0 Å². The van der Waals surface area contributed by atoms with Crippen molar-refractivity contribution in [2.75, 3.05) is 0 Å². The Morgan fingerprint density at radius 3 is 2.25 bits per heavy atom. The lowest BCUT2D eigenvalue weighted by molar-refractivity contribution is -0.188. The zero-order chi connectivity index (χ0) is 26.7. The summed E-state index contributed by atoms with van der Waals surface area (Å²) in [7, 11) is 0. The van der Waals surface area contributed by atoms with Crippen molar-refractivity contribution in [1.29, 1.82) is 5.26 Å². The number of carboxylic acids is 1. The number of fused-ring (bicyclic) bond motifs is 7. The predicted molar refractivity (Wildman–Crippen MR) is 137 cm³/mol. The lowest BCUT2D eigenvalue weighted by atomic mass is 9.34. The van der Waals surface area contributed by atoms with Gasteiger partial charge in [-0.3, -0.25) is 14.4 Å². The van der Waals surface area contributed by atoms with E-state index in [4.69, 9.17) is 0 Å². The summed E-state index contributed by atoms with van der Waals surface area (Å²) in [6, 6.07) is 2.15. The van der Waals surface area contributed by atoms with E-state index in [1.54, 1.807) is 0 Å². The fourth-order valence-corrected chi connectivity index (χ4v) is 10.0. The molecule has 0 aliphatic heterocycles. The first-order chi connectivity index (χ1) is 16.5. The molecule has 5 heteroatoms. The molecule has 194 valence electrons. The first kappa shape index (κ1) is 25.4. The standard InChI is InChI=1S/C31H41NO4/c1-26(2)10-12-31(25(35)36)13-11-30(7)23(19(31)16-26)20(33)14-22-28(5)15-18(17-32)24(34)27(3,4)21(28)8-9-29(22,30)6/h14-15,19,21,23H,8-13,16H2,1-7H3,(H,35,36)/t19-,21-,23-,28-,29+,30+,31+/m0/s1. The van der Waals surface area contributed by atoms with Gasteiger partial charge in [0.1, 0.15) is 6.07 Å². The van der Waals surface area contributed by atoms with Crippen molar-refractivity contribution in [2.24, 2.45) is 50.2 Å². The van der Waals surface area contributed by atoms with Crippen LogP contribution in [-0.4, -0.2) is 22.6 Å². The number of ketones is 2. The summed E-state index contributed by atoms with van der Waals surface area (Å²) < 4.78 is 0. The van der Waals surface area contributed by atoms with Crippen LogP contribution < -0.4 is 0 Å². The second-order valence-corrected chi connectivity index (χ2v) is 14.7. The van der Waals surface area contributed by atoms with E-state index in [0.29, 0.717) is 19.3 Å². The lowest BCUT2D eigenvalue weighted by Crippen LogP contribution is -2.65. The van der Waals surface area contributed by atoms with Gasteiger partial charge in [-0.05, 0) is 79.1 Å². The summed E-state index contributed by atoms with van der Waals surface area (Å²) in [5, 5.41) is 20.3. The van der Waals surface area contributed by atoms with Gasteiger partial charge >= 0.3 is 5.97 Å². The number of carbonyl (C=O) groups is 3. The minimum Gasteiger partial charge on any atom is -0.481 e. The average Bonchev–Trinajstić information content (AvgIpc) is 2.77. The SMILES string of the molecule is CC1(C)CC[C@@]2(C(=O)O)CC[C@]3(C)[C@H](C(=O)C=C4[C@@]5(C)C=C(C#N)C(=O)C(C)(C)[C@@H]5CC[C@]43C)[C@@H]2C1. The van der Waals surface area contributed by atoms with Gasteiger partial charge in [-0.15, -0.1) is 0 Å². The molecule has 3 fully saturated rings. The summed E-state index contributed by atoms with van der Waals surface area (Å²) in [6.07, 6.45) is 8.98. The van der Waals surface area contributed by atoms with Crippen LogP contribution >= 0.6 is 0 Å². The highest BCUT2D eigenvalue weighted by atomic mass is 16.4. The van der Waals surface area contributed by atoms with E-state index < -0.39 is 22.2 Å². The Morgan fingerprint density at radius 1 is 1.00 bits per heavy atom. The van der Waals surface area contributed by atoms with Gasteiger partial charge in [-0.2, -0.15) is 5.26 Å². The Bertz CT molecular complexity index is 1180. The number of hydrogen-bond donors (Lipinski definition) is 1.